The van der Waals surface area contributed by atoms with Gasteiger partial charge in [-0.3, -0.25) is 0 Å². The van der Waals surface area contributed by atoms with Crippen molar-refractivity contribution >= 4 is 11.8 Å². The highest BCUT2D eigenvalue weighted by molar-refractivity contribution is 5.70. The zero-order valence-electron chi connectivity index (χ0n) is 17.7. The van der Waals surface area contributed by atoms with E-state index in [1.165, 1.54) is 11.3 Å². The quantitative estimate of drug-likeness (QED) is 0.827. The first-order valence-electron chi connectivity index (χ1n) is 10.3. The first-order valence-corrected chi connectivity index (χ1v) is 10.3. The van der Waals surface area contributed by atoms with Crippen LogP contribution in [0.3, 0.4) is 0 Å². The van der Waals surface area contributed by atoms with Crippen LogP contribution >= 0.6 is 0 Å². The predicted octanol–water partition coefficient (Wildman–Crippen LogP) is 3.53. The third-order valence-corrected chi connectivity index (χ3v) is 5.70. The van der Waals surface area contributed by atoms with Crippen molar-refractivity contribution in [1.82, 2.24) is 14.5 Å². The van der Waals surface area contributed by atoms with E-state index in [1.54, 1.807) is 4.90 Å². The lowest BCUT2D eigenvalue weighted by Gasteiger charge is -2.33. The molecule has 1 aromatic heterocycles. The molecule has 29 heavy (non-hydrogen) atoms. The van der Waals surface area contributed by atoms with Crippen molar-refractivity contribution in [2.45, 2.75) is 71.9 Å². The fraction of sp³-hybridized carbons (Fsp3) is 0.545. The number of hydrogen-bond acceptors (Lipinski definition) is 5. The molecule has 2 N–H and O–H groups in total. The second-order valence-electron chi connectivity index (χ2n) is 8.93. The number of aliphatic hydroxyl groups excluding tert-OH is 1. The third kappa shape index (κ3) is 3.83. The molecule has 4 rings (SSSR count). The van der Waals surface area contributed by atoms with Crippen LogP contribution in [0.5, 0.6) is 0 Å². The number of aromatic nitrogens is 2. The number of nitrogens with one attached hydrogen (secondary N) is 1. The Morgan fingerprint density at radius 2 is 2.10 bits per heavy atom. The normalized spacial score (nSPS) is 18.4. The van der Waals surface area contributed by atoms with Gasteiger partial charge in [-0.05, 0) is 63.3 Å². The summed E-state index contributed by atoms with van der Waals surface area (Å²) in [6, 6.07) is 4.18. The maximum absolute atomic E-state index is 12.5. The first kappa shape index (κ1) is 19.8. The number of benzene rings is 1. The van der Waals surface area contributed by atoms with Gasteiger partial charge in [0.15, 0.2) is 0 Å². The highest BCUT2D eigenvalue weighted by atomic mass is 16.6. The Balaban J connectivity index is 1.58. The summed E-state index contributed by atoms with van der Waals surface area (Å²) in [5.41, 5.74) is 4.80. The molecule has 0 bridgehead atoms. The zero-order chi connectivity index (χ0) is 20.8. The van der Waals surface area contributed by atoms with Crippen LogP contribution in [0.25, 0.3) is 0 Å². The standard InChI is InChI=1S/C22H30N4O3/c1-14-11-23-20-19(8-10-26(14)20)24-18-6-5-15(13-27)17-12-25(9-7-16(17)18)21(28)29-22(2,3)4/h5-6,11,19,24,27H,7-10,12-13H2,1-4H3. The fourth-order valence-electron chi connectivity index (χ4n) is 4.27. The van der Waals surface area contributed by atoms with E-state index in [4.69, 9.17) is 4.74 Å². The largest absolute Gasteiger partial charge is 0.444 e. The van der Waals surface area contributed by atoms with Gasteiger partial charge < -0.3 is 24.6 Å². The number of hydrogen-bond donors (Lipinski definition) is 2. The second kappa shape index (κ2) is 7.37. The minimum Gasteiger partial charge on any atom is -0.444 e. The summed E-state index contributed by atoms with van der Waals surface area (Å²) in [5.74, 6) is 1.08. The molecule has 0 fully saturated rings. The number of rotatable bonds is 3. The maximum Gasteiger partial charge on any atom is 0.410 e. The monoisotopic (exact) mass is 398 g/mol. The van der Waals surface area contributed by atoms with E-state index >= 15 is 0 Å². The summed E-state index contributed by atoms with van der Waals surface area (Å²) < 4.78 is 7.80. The molecule has 0 radical (unpaired) electrons. The molecule has 1 amide bonds. The first-order chi connectivity index (χ1) is 13.8. The molecule has 0 saturated heterocycles. The lowest BCUT2D eigenvalue weighted by molar-refractivity contribution is 0.0222. The highest BCUT2D eigenvalue weighted by Gasteiger charge is 2.30. The van der Waals surface area contributed by atoms with Gasteiger partial charge in [0.1, 0.15) is 11.4 Å². The number of anilines is 1. The van der Waals surface area contributed by atoms with Gasteiger partial charge in [0.2, 0.25) is 0 Å². The number of imidazole rings is 1. The summed E-state index contributed by atoms with van der Waals surface area (Å²) >= 11 is 0. The van der Waals surface area contributed by atoms with Crippen LogP contribution in [0.4, 0.5) is 10.5 Å². The number of carbonyl (C=O) groups excluding carboxylic acids is 1. The van der Waals surface area contributed by atoms with Crippen LogP contribution in [-0.4, -0.2) is 37.8 Å². The van der Waals surface area contributed by atoms with Crippen molar-refractivity contribution < 1.29 is 14.6 Å². The van der Waals surface area contributed by atoms with Crippen LogP contribution in [0, 0.1) is 6.92 Å². The molecule has 2 aromatic rings. The van der Waals surface area contributed by atoms with Crippen molar-refractivity contribution in [3.63, 3.8) is 0 Å². The van der Waals surface area contributed by atoms with Gasteiger partial charge in [0.05, 0.1) is 12.6 Å². The molecule has 0 saturated carbocycles. The predicted molar refractivity (Wildman–Crippen MR) is 111 cm³/mol. The Labute approximate surface area is 171 Å². The number of nitrogens with zero attached hydrogens (tertiary/aromatic N) is 3. The van der Waals surface area contributed by atoms with Gasteiger partial charge in [-0.25, -0.2) is 9.78 Å². The molecular weight excluding hydrogens is 368 g/mol. The molecule has 1 unspecified atom stereocenters. The van der Waals surface area contributed by atoms with E-state index in [-0.39, 0.29) is 18.7 Å². The van der Waals surface area contributed by atoms with Crippen LogP contribution in [-0.2, 0) is 30.9 Å². The molecule has 2 aliphatic rings. The van der Waals surface area contributed by atoms with E-state index in [0.717, 1.165) is 42.0 Å². The van der Waals surface area contributed by atoms with Crippen molar-refractivity contribution in [2.24, 2.45) is 0 Å². The van der Waals surface area contributed by atoms with E-state index < -0.39 is 5.60 Å². The molecule has 156 valence electrons. The van der Waals surface area contributed by atoms with Gasteiger partial charge >= 0.3 is 6.09 Å². The van der Waals surface area contributed by atoms with Crippen molar-refractivity contribution in [3.05, 3.63) is 46.5 Å². The number of aliphatic hydroxyl groups is 1. The van der Waals surface area contributed by atoms with Crippen molar-refractivity contribution in [3.8, 4) is 0 Å². The second-order valence-corrected chi connectivity index (χ2v) is 8.93. The molecule has 7 nitrogen and oxygen atoms in total. The fourth-order valence-corrected chi connectivity index (χ4v) is 4.27. The van der Waals surface area contributed by atoms with Gasteiger partial charge in [0.25, 0.3) is 0 Å². The smallest absolute Gasteiger partial charge is 0.410 e. The van der Waals surface area contributed by atoms with Crippen molar-refractivity contribution in [2.75, 3.05) is 11.9 Å². The van der Waals surface area contributed by atoms with Crippen LogP contribution < -0.4 is 5.32 Å². The minimum absolute atomic E-state index is 0.0438. The number of amides is 1. The summed E-state index contributed by atoms with van der Waals surface area (Å²) in [6.45, 7) is 9.69. The average Bonchev–Trinajstić information content (AvgIpc) is 3.23. The van der Waals surface area contributed by atoms with Crippen molar-refractivity contribution in [1.29, 1.82) is 0 Å². The van der Waals surface area contributed by atoms with Gasteiger partial charge in [-0.1, -0.05) is 6.07 Å². The number of fused-ring (bicyclic) bond motifs is 2. The molecule has 1 aromatic carbocycles. The molecule has 7 heteroatoms. The summed E-state index contributed by atoms with van der Waals surface area (Å²) in [5, 5.41) is 13.5. The minimum atomic E-state index is -0.525. The maximum atomic E-state index is 12.5. The Kier molecular flexibility index (Phi) is 5.02. The Bertz CT molecular complexity index is 929. The van der Waals surface area contributed by atoms with Crippen LogP contribution in [0.2, 0.25) is 0 Å². The van der Waals surface area contributed by atoms with Crippen LogP contribution in [0.1, 0.15) is 61.4 Å². The summed E-state index contributed by atoms with van der Waals surface area (Å²) in [6.07, 6.45) is 3.35. The van der Waals surface area contributed by atoms with Gasteiger partial charge in [-0.15, -0.1) is 0 Å². The molecule has 3 heterocycles. The lowest BCUT2D eigenvalue weighted by Crippen LogP contribution is -2.40. The van der Waals surface area contributed by atoms with E-state index in [0.29, 0.717) is 13.1 Å². The SMILES string of the molecule is Cc1cnc2n1CCC2Nc1ccc(CO)c2c1CCN(C(=O)OC(C)(C)C)C2. The van der Waals surface area contributed by atoms with E-state index in [1.807, 2.05) is 39.1 Å². The van der Waals surface area contributed by atoms with E-state index in [2.05, 4.69) is 21.8 Å². The number of ether oxygens (including phenoxy) is 1. The number of aryl methyl sites for hydroxylation is 1. The lowest BCUT2D eigenvalue weighted by atomic mass is 9.93. The zero-order valence-corrected chi connectivity index (χ0v) is 17.7. The molecule has 2 aliphatic heterocycles. The van der Waals surface area contributed by atoms with Gasteiger partial charge in [0, 0.05) is 37.2 Å². The molecular formula is C22H30N4O3. The Morgan fingerprint density at radius 3 is 2.83 bits per heavy atom. The van der Waals surface area contributed by atoms with Gasteiger partial charge in [-0.2, -0.15) is 0 Å². The Morgan fingerprint density at radius 1 is 1.31 bits per heavy atom. The summed E-state index contributed by atoms with van der Waals surface area (Å²) in [7, 11) is 0. The molecule has 0 aliphatic carbocycles. The number of carbonyl (C=O) groups is 1. The molecule has 0 spiro atoms. The molecule has 1 atom stereocenters. The van der Waals surface area contributed by atoms with E-state index in [9.17, 15) is 9.90 Å². The summed E-state index contributed by atoms with van der Waals surface area (Å²) in [4.78, 5) is 18.8. The highest BCUT2D eigenvalue weighted by Crippen LogP contribution is 2.35. The third-order valence-electron chi connectivity index (χ3n) is 5.70. The topological polar surface area (TPSA) is 79.6 Å². The van der Waals surface area contributed by atoms with Crippen LogP contribution in [0.15, 0.2) is 18.3 Å². The average molecular weight is 399 g/mol. The Hall–Kier alpha value is -2.54.